The largest absolute Gasteiger partial charge is 0.481 e. The molecule has 0 saturated carbocycles. The van der Waals surface area contributed by atoms with Gasteiger partial charge in [0, 0.05) is 34.3 Å². The summed E-state index contributed by atoms with van der Waals surface area (Å²) in [4.78, 5) is 40.3. The van der Waals surface area contributed by atoms with E-state index in [0.717, 1.165) is 11.1 Å². The fraction of sp³-hybridized carbons (Fsp3) is 0.182. The van der Waals surface area contributed by atoms with Gasteiger partial charge in [-0.1, -0.05) is 96.0 Å². The number of nitrogens with one attached hydrogen (secondary N) is 1. The number of carboxylic acids is 1. The molecule has 0 bridgehead atoms. The third-order valence-electron chi connectivity index (χ3n) is 6.86. The number of aliphatic carboxylic acids is 1. The second-order valence-electron chi connectivity index (χ2n) is 9.63. The fourth-order valence-electron chi connectivity index (χ4n) is 4.67. The fourth-order valence-corrected chi connectivity index (χ4v) is 5.17. The summed E-state index contributed by atoms with van der Waals surface area (Å²) in [5.41, 5.74) is 3.25. The van der Waals surface area contributed by atoms with Crippen molar-refractivity contribution < 1.29 is 24.6 Å². The van der Waals surface area contributed by atoms with Crippen LogP contribution in [0.4, 0.5) is 0 Å². The molecule has 0 saturated heterocycles. The quantitative estimate of drug-likeness (QED) is 0.176. The highest BCUT2D eigenvalue weighted by atomic mass is 35.5. The van der Waals surface area contributed by atoms with Gasteiger partial charge in [-0.2, -0.15) is 0 Å². The Hall–Kier alpha value is -4.17. The number of carbonyl (C=O) groups excluding carboxylic acids is 2. The Morgan fingerprint density at radius 3 is 2.05 bits per heavy atom. The molecule has 0 heterocycles. The monoisotopic (exact) mass is 604 g/mol. The summed E-state index contributed by atoms with van der Waals surface area (Å²) in [5.74, 6) is -1.80. The highest BCUT2D eigenvalue weighted by Gasteiger charge is 2.24. The van der Waals surface area contributed by atoms with Gasteiger partial charge in [-0.3, -0.25) is 14.4 Å². The summed E-state index contributed by atoms with van der Waals surface area (Å²) >= 11 is 12.4. The Morgan fingerprint density at radius 1 is 0.786 bits per heavy atom. The number of nitrogens with zero attached hydrogens (tertiary/aromatic N) is 1. The maximum atomic E-state index is 13.9. The van der Waals surface area contributed by atoms with Gasteiger partial charge in [0.25, 0.3) is 11.8 Å². The third-order valence-corrected chi connectivity index (χ3v) is 7.45. The second-order valence-corrected chi connectivity index (χ2v) is 10.5. The van der Waals surface area contributed by atoms with Crippen molar-refractivity contribution >= 4 is 41.0 Å². The smallest absolute Gasteiger partial charge is 0.305 e. The summed E-state index contributed by atoms with van der Waals surface area (Å²) in [7, 11) is 0. The van der Waals surface area contributed by atoms with Gasteiger partial charge >= 0.3 is 5.97 Å². The third kappa shape index (κ3) is 7.76. The highest BCUT2D eigenvalue weighted by molar-refractivity contribution is 6.35. The number of aliphatic hydroxyl groups is 1. The van der Waals surface area contributed by atoms with Crippen LogP contribution in [0.2, 0.25) is 10.0 Å². The van der Waals surface area contributed by atoms with Gasteiger partial charge in [0.05, 0.1) is 19.1 Å². The molecule has 42 heavy (non-hydrogen) atoms. The molecule has 0 aliphatic heterocycles. The topological polar surface area (TPSA) is 107 Å². The predicted molar refractivity (Wildman–Crippen MR) is 164 cm³/mol. The zero-order valence-electron chi connectivity index (χ0n) is 22.7. The van der Waals surface area contributed by atoms with Crippen LogP contribution in [0.3, 0.4) is 0 Å². The Labute approximate surface area is 254 Å². The Kier molecular flexibility index (Phi) is 10.7. The summed E-state index contributed by atoms with van der Waals surface area (Å²) in [5, 5.41) is 23.2. The minimum Gasteiger partial charge on any atom is -0.481 e. The molecule has 0 aromatic heterocycles. The zero-order valence-corrected chi connectivity index (χ0v) is 24.2. The summed E-state index contributed by atoms with van der Waals surface area (Å²) in [6.45, 7) is -0.0759. The molecule has 0 spiro atoms. The molecule has 3 N–H and O–H groups in total. The van der Waals surface area contributed by atoms with E-state index in [-0.39, 0.29) is 32.0 Å². The second kappa shape index (κ2) is 14.6. The molecule has 1 unspecified atom stereocenters. The van der Waals surface area contributed by atoms with Gasteiger partial charge < -0.3 is 20.4 Å². The average molecular weight is 606 g/mol. The van der Waals surface area contributed by atoms with E-state index < -0.39 is 17.9 Å². The Morgan fingerprint density at radius 2 is 1.40 bits per heavy atom. The molecule has 0 radical (unpaired) electrons. The van der Waals surface area contributed by atoms with Gasteiger partial charge in [-0.05, 0) is 52.9 Å². The molecule has 0 aliphatic rings. The number of benzene rings is 4. The minimum absolute atomic E-state index is 0.00883. The van der Waals surface area contributed by atoms with Crippen LogP contribution >= 0.6 is 23.2 Å². The predicted octanol–water partition coefficient (Wildman–Crippen LogP) is 6.28. The van der Waals surface area contributed by atoms with Crippen LogP contribution in [-0.2, 0) is 11.2 Å². The summed E-state index contributed by atoms with van der Waals surface area (Å²) < 4.78 is 0. The molecule has 0 aliphatic carbocycles. The van der Waals surface area contributed by atoms with Crippen LogP contribution in [-0.4, -0.2) is 52.6 Å². The maximum absolute atomic E-state index is 13.9. The molecule has 216 valence electrons. The van der Waals surface area contributed by atoms with Gasteiger partial charge in [0.2, 0.25) is 0 Å². The van der Waals surface area contributed by atoms with E-state index in [4.69, 9.17) is 23.2 Å². The van der Waals surface area contributed by atoms with E-state index in [9.17, 15) is 24.6 Å². The highest BCUT2D eigenvalue weighted by Crippen LogP contribution is 2.29. The minimum atomic E-state index is -1.02. The molecular formula is C33H30Cl2N2O5. The van der Waals surface area contributed by atoms with Crippen molar-refractivity contribution in [3.8, 4) is 11.1 Å². The molecule has 7 nitrogen and oxygen atoms in total. The van der Waals surface area contributed by atoms with Gasteiger partial charge in [0.15, 0.2) is 0 Å². The molecule has 4 aromatic carbocycles. The average Bonchev–Trinajstić information content (AvgIpc) is 3.00. The normalized spacial score (nSPS) is 11.5. The lowest BCUT2D eigenvalue weighted by atomic mass is 9.94. The van der Waals surface area contributed by atoms with Gasteiger partial charge in [-0.15, -0.1) is 0 Å². The van der Waals surface area contributed by atoms with Crippen molar-refractivity contribution in [1.29, 1.82) is 0 Å². The number of hydrogen-bond donors (Lipinski definition) is 3. The molecule has 4 aromatic rings. The number of aliphatic hydroxyl groups excluding tert-OH is 1. The zero-order chi connectivity index (χ0) is 30.1. The Balaban J connectivity index is 1.64. The molecule has 1 atom stereocenters. The number of hydrogen-bond acceptors (Lipinski definition) is 4. The van der Waals surface area contributed by atoms with Crippen molar-refractivity contribution in [3.05, 3.63) is 129 Å². The molecule has 4 rings (SSSR count). The number of carboxylic acid groups (broad SMARTS) is 1. The van der Waals surface area contributed by atoms with Crippen LogP contribution in [0.15, 0.2) is 97.1 Å². The van der Waals surface area contributed by atoms with Gasteiger partial charge in [-0.25, -0.2) is 0 Å². The van der Waals surface area contributed by atoms with E-state index in [0.29, 0.717) is 38.7 Å². The molecular weight excluding hydrogens is 575 g/mol. The first-order valence-electron chi connectivity index (χ1n) is 13.4. The van der Waals surface area contributed by atoms with Crippen molar-refractivity contribution in [2.24, 2.45) is 0 Å². The lowest BCUT2D eigenvalue weighted by molar-refractivity contribution is -0.137. The molecule has 9 heteroatoms. The van der Waals surface area contributed by atoms with Crippen molar-refractivity contribution in [2.45, 2.75) is 18.9 Å². The standard InChI is InChI=1S/C33H30Cl2N2O5/c34-24-15-14-22(29(35)20-24)16-18-37(19-17-31(39)40)33(42)28-13-7-5-11-26(28)25-10-4-6-12-27(25)32(41)36-30(21-38)23-8-2-1-3-9-23/h1-15,20,30,38H,16-19,21H2,(H,36,41)(H,39,40). The molecule has 2 amide bonds. The summed E-state index contributed by atoms with van der Waals surface area (Å²) in [6.07, 6.45) is 0.161. The van der Waals surface area contributed by atoms with Crippen LogP contribution in [0.25, 0.3) is 11.1 Å². The van der Waals surface area contributed by atoms with E-state index in [2.05, 4.69) is 5.32 Å². The van der Waals surface area contributed by atoms with E-state index in [1.165, 1.54) is 4.90 Å². The SMILES string of the molecule is O=C(O)CCN(CCc1ccc(Cl)cc1Cl)C(=O)c1ccccc1-c1ccccc1C(=O)NC(CO)c1ccccc1. The number of carbonyl (C=O) groups is 3. The number of halogens is 2. The van der Waals surface area contributed by atoms with Crippen molar-refractivity contribution in [2.75, 3.05) is 19.7 Å². The van der Waals surface area contributed by atoms with Crippen LogP contribution in [0, 0.1) is 0 Å². The summed E-state index contributed by atoms with van der Waals surface area (Å²) in [6, 6.07) is 27.5. The van der Waals surface area contributed by atoms with E-state index in [1.807, 2.05) is 30.3 Å². The van der Waals surface area contributed by atoms with Crippen LogP contribution < -0.4 is 5.32 Å². The number of rotatable bonds is 12. The van der Waals surface area contributed by atoms with Crippen LogP contribution in [0.1, 0.15) is 44.3 Å². The van der Waals surface area contributed by atoms with E-state index >= 15 is 0 Å². The van der Waals surface area contributed by atoms with Crippen molar-refractivity contribution in [3.63, 3.8) is 0 Å². The van der Waals surface area contributed by atoms with Crippen molar-refractivity contribution in [1.82, 2.24) is 10.2 Å². The Bertz CT molecular complexity index is 1560. The number of amides is 2. The first-order chi connectivity index (χ1) is 20.3. The first kappa shape index (κ1) is 30.8. The maximum Gasteiger partial charge on any atom is 0.305 e. The first-order valence-corrected chi connectivity index (χ1v) is 14.1. The molecule has 0 fully saturated rings. The lowest BCUT2D eigenvalue weighted by Crippen LogP contribution is -2.35. The van der Waals surface area contributed by atoms with E-state index in [1.54, 1.807) is 66.7 Å². The van der Waals surface area contributed by atoms with Gasteiger partial charge in [0.1, 0.15) is 0 Å². The van der Waals surface area contributed by atoms with Crippen LogP contribution in [0.5, 0.6) is 0 Å². The lowest BCUT2D eigenvalue weighted by Gasteiger charge is -2.24.